The highest BCUT2D eigenvalue weighted by Crippen LogP contribution is 2.19. The van der Waals surface area contributed by atoms with Gasteiger partial charge in [0.25, 0.3) is 10.0 Å². The monoisotopic (exact) mass is 409 g/mol. The third-order valence-corrected chi connectivity index (χ3v) is 6.16. The zero-order chi connectivity index (χ0) is 18.6. The van der Waals surface area contributed by atoms with Crippen molar-refractivity contribution in [3.63, 3.8) is 0 Å². The molecule has 3 aromatic rings. The molecule has 0 fully saturated rings. The van der Waals surface area contributed by atoms with Crippen LogP contribution in [0.1, 0.15) is 16.8 Å². The van der Waals surface area contributed by atoms with E-state index in [4.69, 9.17) is 23.2 Å². The molecule has 0 unspecified atom stereocenters. The summed E-state index contributed by atoms with van der Waals surface area (Å²) in [5.41, 5.74) is 2.44. The van der Waals surface area contributed by atoms with Gasteiger partial charge in [0.2, 0.25) is 0 Å². The Morgan fingerprint density at radius 3 is 2.35 bits per heavy atom. The second-order valence-electron chi connectivity index (χ2n) is 5.85. The van der Waals surface area contributed by atoms with Crippen LogP contribution in [-0.2, 0) is 29.3 Å². The zero-order valence-electron chi connectivity index (χ0n) is 13.8. The zero-order valence-corrected chi connectivity index (χ0v) is 16.2. The van der Waals surface area contributed by atoms with Crippen LogP contribution in [0.5, 0.6) is 0 Å². The molecule has 0 saturated carbocycles. The Morgan fingerprint density at radius 2 is 1.62 bits per heavy atom. The quantitative estimate of drug-likeness (QED) is 0.595. The van der Waals surface area contributed by atoms with Crippen LogP contribution in [-0.4, -0.2) is 28.6 Å². The van der Waals surface area contributed by atoms with Crippen molar-refractivity contribution in [3.05, 3.63) is 81.6 Å². The summed E-state index contributed by atoms with van der Waals surface area (Å²) in [5, 5.41) is 8.32. The molecule has 0 aliphatic rings. The molecule has 26 heavy (non-hydrogen) atoms. The molecule has 136 valence electrons. The maximum absolute atomic E-state index is 12.5. The molecule has 0 N–H and O–H groups in total. The SMILES string of the molecule is O=S(=O)(CCc1cccc(Cl)c1)n1nnc(CCc2ccccc2)c1Cl. The fraction of sp³-hybridized carbons (Fsp3) is 0.222. The Morgan fingerprint density at radius 1 is 0.885 bits per heavy atom. The molecule has 0 aliphatic heterocycles. The molecule has 3 rings (SSSR count). The van der Waals surface area contributed by atoms with Crippen LogP contribution in [0.3, 0.4) is 0 Å². The number of aryl methyl sites for hydroxylation is 3. The van der Waals surface area contributed by atoms with Crippen molar-refractivity contribution in [3.8, 4) is 0 Å². The number of benzene rings is 2. The van der Waals surface area contributed by atoms with Gasteiger partial charge in [-0.2, -0.15) is 0 Å². The van der Waals surface area contributed by atoms with Crippen LogP contribution >= 0.6 is 23.2 Å². The summed E-state index contributed by atoms with van der Waals surface area (Å²) in [6.45, 7) is 0. The molecule has 0 saturated heterocycles. The van der Waals surface area contributed by atoms with Gasteiger partial charge in [0.15, 0.2) is 5.15 Å². The van der Waals surface area contributed by atoms with Gasteiger partial charge in [-0.05, 0) is 42.5 Å². The second-order valence-corrected chi connectivity index (χ2v) is 8.56. The highest BCUT2D eigenvalue weighted by Gasteiger charge is 2.21. The second kappa shape index (κ2) is 8.20. The van der Waals surface area contributed by atoms with Crippen LogP contribution in [0.2, 0.25) is 10.2 Å². The molecule has 5 nitrogen and oxygen atoms in total. The fourth-order valence-electron chi connectivity index (χ4n) is 2.55. The van der Waals surface area contributed by atoms with Crippen LogP contribution in [0, 0.1) is 0 Å². The van der Waals surface area contributed by atoms with Gasteiger partial charge in [0.05, 0.1) is 5.75 Å². The van der Waals surface area contributed by atoms with E-state index < -0.39 is 10.0 Å². The van der Waals surface area contributed by atoms with Crippen LogP contribution in [0.15, 0.2) is 54.6 Å². The molecule has 0 spiro atoms. The maximum Gasteiger partial charge on any atom is 0.256 e. The lowest BCUT2D eigenvalue weighted by molar-refractivity contribution is 0.576. The van der Waals surface area contributed by atoms with Crippen molar-refractivity contribution in [2.75, 3.05) is 5.75 Å². The van der Waals surface area contributed by atoms with E-state index in [1.807, 2.05) is 36.4 Å². The Hall–Kier alpha value is -1.89. The summed E-state index contributed by atoms with van der Waals surface area (Å²) >= 11 is 12.1. The van der Waals surface area contributed by atoms with E-state index in [1.165, 1.54) is 0 Å². The third-order valence-electron chi connectivity index (χ3n) is 3.95. The molecule has 0 aliphatic carbocycles. The Kier molecular flexibility index (Phi) is 5.96. The third kappa shape index (κ3) is 4.63. The van der Waals surface area contributed by atoms with E-state index in [0.29, 0.717) is 30.0 Å². The lowest BCUT2D eigenvalue weighted by atomic mass is 10.1. The van der Waals surface area contributed by atoms with Gasteiger partial charge in [0.1, 0.15) is 5.69 Å². The summed E-state index contributed by atoms with van der Waals surface area (Å²) in [4.78, 5) is 0. The Bertz CT molecular complexity index is 989. The first-order valence-corrected chi connectivity index (χ1v) is 10.4. The van der Waals surface area contributed by atoms with Crippen molar-refractivity contribution in [2.24, 2.45) is 0 Å². The number of nitrogens with zero attached hydrogens (tertiary/aromatic N) is 3. The number of hydrogen-bond acceptors (Lipinski definition) is 4. The summed E-state index contributed by atoms with van der Waals surface area (Å²) in [6.07, 6.45) is 1.55. The lowest BCUT2D eigenvalue weighted by Gasteiger charge is -2.05. The number of halogens is 2. The molecule has 0 amide bonds. The van der Waals surface area contributed by atoms with E-state index >= 15 is 0 Å². The first-order valence-electron chi connectivity index (χ1n) is 8.07. The predicted molar refractivity (Wildman–Crippen MR) is 103 cm³/mol. The first kappa shape index (κ1) is 18.9. The largest absolute Gasteiger partial charge is 0.256 e. The molecule has 2 aromatic carbocycles. The number of aromatic nitrogens is 3. The molecular formula is C18H17Cl2N3O2S. The van der Waals surface area contributed by atoms with Gasteiger partial charge in [-0.1, -0.05) is 70.9 Å². The van der Waals surface area contributed by atoms with Gasteiger partial charge in [0, 0.05) is 5.02 Å². The Labute approximate surface area is 162 Å². The van der Waals surface area contributed by atoms with Crippen LogP contribution in [0.4, 0.5) is 0 Å². The minimum atomic E-state index is -3.70. The first-order chi connectivity index (χ1) is 12.5. The van der Waals surface area contributed by atoms with Gasteiger partial charge in [-0.15, -0.1) is 9.19 Å². The van der Waals surface area contributed by atoms with Crippen LogP contribution in [0.25, 0.3) is 0 Å². The van der Waals surface area contributed by atoms with Crippen LogP contribution < -0.4 is 0 Å². The van der Waals surface area contributed by atoms with Gasteiger partial charge < -0.3 is 0 Å². The van der Waals surface area contributed by atoms with E-state index in [-0.39, 0.29) is 10.9 Å². The fourth-order valence-corrected chi connectivity index (χ4v) is 4.41. The highest BCUT2D eigenvalue weighted by molar-refractivity contribution is 7.89. The Balaban J connectivity index is 1.69. The normalized spacial score (nSPS) is 11.6. The van der Waals surface area contributed by atoms with Crippen molar-refractivity contribution in [1.29, 1.82) is 0 Å². The molecule has 0 atom stereocenters. The van der Waals surface area contributed by atoms with Crippen molar-refractivity contribution >= 4 is 33.2 Å². The minimum absolute atomic E-state index is 0.0482. The topological polar surface area (TPSA) is 64.8 Å². The number of rotatable bonds is 7. The van der Waals surface area contributed by atoms with Crippen molar-refractivity contribution in [1.82, 2.24) is 14.4 Å². The van der Waals surface area contributed by atoms with Gasteiger partial charge in [-0.3, -0.25) is 0 Å². The molecule has 0 bridgehead atoms. The predicted octanol–water partition coefficient (Wildman–Crippen LogP) is 3.79. The average molecular weight is 410 g/mol. The highest BCUT2D eigenvalue weighted by atomic mass is 35.5. The summed E-state index contributed by atoms with van der Waals surface area (Å²) in [7, 11) is -3.70. The molecule has 1 aromatic heterocycles. The molecule has 1 heterocycles. The molecule has 0 radical (unpaired) electrons. The van der Waals surface area contributed by atoms with Gasteiger partial charge in [-0.25, -0.2) is 8.42 Å². The summed E-state index contributed by atoms with van der Waals surface area (Å²) in [5.74, 6) is -0.130. The molecular weight excluding hydrogens is 393 g/mol. The summed E-state index contributed by atoms with van der Waals surface area (Å²) < 4.78 is 25.9. The average Bonchev–Trinajstić information content (AvgIpc) is 3.01. The van der Waals surface area contributed by atoms with Gasteiger partial charge >= 0.3 is 0 Å². The van der Waals surface area contributed by atoms with E-state index in [9.17, 15) is 8.42 Å². The lowest BCUT2D eigenvalue weighted by Crippen LogP contribution is -2.19. The maximum atomic E-state index is 12.5. The van der Waals surface area contributed by atoms with Crippen molar-refractivity contribution < 1.29 is 8.42 Å². The van der Waals surface area contributed by atoms with E-state index in [1.54, 1.807) is 18.2 Å². The summed E-state index contributed by atoms with van der Waals surface area (Å²) in [6, 6.07) is 16.9. The smallest absolute Gasteiger partial charge is 0.205 e. The number of hydrogen-bond donors (Lipinski definition) is 0. The van der Waals surface area contributed by atoms with E-state index in [0.717, 1.165) is 15.2 Å². The van der Waals surface area contributed by atoms with Crippen molar-refractivity contribution in [2.45, 2.75) is 19.3 Å². The molecule has 8 heteroatoms. The van der Waals surface area contributed by atoms with E-state index in [2.05, 4.69) is 10.3 Å². The standard InChI is InChI=1S/C18H17Cl2N3O2S/c19-16-8-4-7-15(13-16)11-12-26(24,25)23-18(20)17(21-22-23)10-9-14-5-2-1-3-6-14/h1-8,13H,9-12H2. The minimum Gasteiger partial charge on any atom is -0.205 e.